The van der Waals surface area contributed by atoms with Crippen LogP contribution in [0.15, 0.2) is 82.8 Å². The number of sulfonamides is 1. The van der Waals surface area contributed by atoms with Crippen LogP contribution < -0.4 is 0 Å². The molecule has 2 aromatic rings. The molecule has 2 aromatic carbocycles. The van der Waals surface area contributed by atoms with E-state index in [9.17, 15) is 13.2 Å². The Morgan fingerprint density at radius 2 is 1.53 bits per heavy atom. The highest BCUT2D eigenvalue weighted by Crippen LogP contribution is 2.39. The van der Waals surface area contributed by atoms with Crippen LogP contribution in [0.3, 0.4) is 0 Å². The van der Waals surface area contributed by atoms with E-state index in [0.717, 1.165) is 43.2 Å². The fraction of sp³-hybridized carbons (Fsp3) is 0.485. The highest BCUT2D eigenvalue weighted by atomic mass is 32.2. The van der Waals surface area contributed by atoms with Gasteiger partial charge in [-0.1, -0.05) is 84.7 Å². The van der Waals surface area contributed by atoms with Gasteiger partial charge in [0.1, 0.15) is 5.78 Å². The lowest BCUT2D eigenvalue weighted by Crippen LogP contribution is -2.47. The van der Waals surface area contributed by atoms with Crippen molar-refractivity contribution in [1.29, 1.82) is 0 Å². The van der Waals surface area contributed by atoms with Crippen molar-refractivity contribution in [3.8, 4) is 0 Å². The molecule has 0 atom stereocenters. The van der Waals surface area contributed by atoms with E-state index >= 15 is 0 Å². The van der Waals surface area contributed by atoms with Crippen molar-refractivity contribution < 1.29 is 13.2 Å². The van der Waals surface area contributed by atoms with Crippen LogP contribution in [0, 0.1) is 12.3 Å². The Morgan fingerprint density at radius 3 is 2.16 bits per heavy atom. The smallest absolute Gasteiger partial charge is 0.243 e. The minimum Gasteiger partial charge on any atom is -0.299 e. The molecule has 2 aliphatic rings. The average Bonchev–Trinajstić information content (AvgIpc) is 2.94. The van der Waals surface area contributed by atoms with E-state index in [-0.39, 0.29) is 0 Å². The normalized spacial score (nSPS) is 18.1. The van der Waals surface area contributed by atoms with Gasteiger partial charge in [-0.2, -0.15) is 4.31 Å². The summed E-state index contributed by atoms with van der Waals surface area (Å²) in [6, 6.07) is 17.2. The lowest BCUT2D eigenvalue weighted by molar-refractivity contribution is -0.131. The van der Waals surface area contributed by atoms with Gasteiger partial charge >= 0.3 is 0 Å². The summed E-state index contributed by atoms with van der Waals surface area (Å²) in [5.41, 5.74) is 4.78. The Kier molecular flexibility index (Phi) is 9.78. The van der Waals surface area contributed by atoms with Crippen molar-refractivity contribution in [2.45, 2.75) is 89.4 Å². The number of aryl methyl sites for hydroxylation is 1. The molecule has 1 saturated heterocycles. The highest BCUT2D eigenvalue weighted by molar-refractivity contribution is 7.89. The van der Waals surface area contributed by atoms with E-state index in [2.05, 4.69) is 31.2 Å². The fourth-order valence-corrected chi connectivity index (χ4v) is 7.30. The highest BCUT2D eigenvalue weighted by Gasteiger charge is 2.43. The van der Waals surface area contributed by atoms with Gasteiger partial charge in [-0.3, -0.25) is 4.79 Å². The van der Waals surface area contributed by atoms with Gasteiger partial charge in [0.2, 0.25) is 10.0 Å². The minimum absolute atomic E-state index is 0.307. The molecule has 1 heterocycles. The predicted octanol–water partition coefficient (Wildman–Crippen LogP) is 7.58. The number of carbonyl (C=O) groups excluding carboxylic acids is 1. The maximum absolute atomic E-state index is 13.7. The number of benzene rings is 2. The molecule has 204 valence electrons. The number of hydrogen-bond donors (Lipinski definition) is 0. The molecule has 0 aromatic heterocycles. The van der Waals surface area contributed by atoms with Crippen LogP contribution in [0.25, 0.3) is 0 Å². The number of piperidine rings is 1. The standard InChI is InChI=1S/C33H43NO3S/c1-3-28-16-18-29(19-17-28)10-6-5-9-13-32(35)33(26-30-11-7-4-8-12-30)22-24-34(25-23-33)38(36,37)31-20-14-27(2)15-21-31/h4,7-8,11-12,14-16,18,20-21H,3,5-6,9-10,13,17,19,22-26H2,1-2H3. The van der Waals surface area contributed by atoms with E-state index in [1.165, 1.54) is 18.4 Å². The third-order valence-electron chi connectivity index (χ3n) is 8.49. The zero-order chi connectivity index (χ0) is 27.0. The first-order valence-electron chi connectivity index (χ1n) is 14.3. The summed E-state index contributed by atoms with van der Waals surface area (Å²) in [6.45, 7) is 4.94. The van der Waals surface area contributed by atoms with Crippen molar-refractivity contribution >= 4 is 15.8 Å². The maximum Gasteiger partial charge on any atom is 0.243 e. The summed E-state index contributed by atoms with van der Waals surface area (Å²) in [7, 11) is -3.56. The monoisotopic (exact) mass is 533 g/mol. The molecular weight excluding hydrogens is 490 g/mol. The van der Waals surface area contributed by atoms with Crippen LogP contribution >= 0.6 is 0 Å². The molecule has 5 heteroatoms. The van der Waals surface area contributed by atoms with Gasteiger partial charge in [0.05, 0.1) is 4.90 Å². The molecule has 1 aliphatic carbocycles. The summed E-state index contributed by atoms with van der Waals surface area (Å²) < 4.78 is 28.1. The summed E-state index contributed by atoms with van der Waals surface area (Å²) >= 11 is 0. The number of rotatable bonds is 12. The topological polar surface area (TPSA) is 54.5 Å². The lowest BCUT2D eigenvalue weighted by atomic mass is 9.70. The Balaban J connectivity index is 1.36. The van der Waals surface area contributed by atoms with Gasteiger partial charge in [0.25, 0.3) is 0 Å². The number of carbonyl (C=O) groups is 1. The molecule has 4 rings (SSSR count). The van der Waals surface area contributed by atoms with Crippen LogP contribution in [0.4, 0.5) is 0 Å². The molecule has 0 amide bonds. The Hall–Kier alpha value is -2.50. The Morgan fingerprint density at radius 1 is 0.868 bits per heavy atom. The van der Waals surface area contributed by atoms with Crippen molar-refractivity contribution in [1.82, 2.24) is 4.31 Å². The molecular formula is C33H43NO3S. The maximum atomic E-state index is 13.7. The van der Waals surface area contributed by atoms with E-state index < -0.39 is 15.4 Å². The summed E-state index contributed by atoms with van der Waals surface area (Å²) in [5, 5.41) is 0. The van der Waals surface area contributed by atoms with E-state index in [4.69, 9.17) is 0 Å². The molecule has 0 N–H and O–H groups in total. The van der Waals surface area contributed by atoms with Crippen LogP contribution in [-0.4, -0.2) is 31.6 Å². The molecule has 0 spiro atoms. The van der Waals surface area contributed by atoms with Crippen molar-refractivity contribution in [2.75, 3.05) is 13.1 Å². The van der Waals surface area contributed by atoms with Crippen LogP contribution in [0.2, 0.25) is 0 Å². The quantitative estimate of drug-likeness (QED) is 0.264. The van der Waals surface area contributed by atoms with Gasteiger partial charge in [0, 0.05) is 24.9 Å². The number of unbranched alkanes of at least 4 members (excludes halogenated alkanes) is 2. The Bertz CT molecular complexity index is 1230. The van der Waals surface area contributed by atoms with E-state index in [0.29, 0.717) is 49.5 Å². The minimum atomic E-state index is -3.56. The zero-order valence-electron chi connectivity index (χ0n) is 23.1. The molecule has 38 heavy (non-hydrogen) atoms. The summed E-state index contributed by atoms with van der Waals surface area (Å²) in [4.78, 5) is 14.1. The number of allylic oxidation sites excluding steroid dienone is 4. The lowest BCUT2D eigenvalue weighted by Gasteiger charge is -2.40. The van der Waals surface area contributed by atoms with Gasteiger partial charge in [-0.25, -0.2) is 8.42 Å². The van der Waals surface area contributed by atoms with Crippen LogP contribution in [-0.2, 0) is 21.2 Å². The second kappa shape index (κ2) is 13.0. The van der Waals surface area contributed by atoms with Gasteiger partial charge in [-0.05, 0) is 82.4 Å². The molecule has 0 radical (unpaired) electrons. The predicted molar refractivity (Wildman–Crippen MR) is 156 cm³/mol. The van der Waals surface area contributed by atoms with Crippen LogP contribution in [0.1, 0.15) is 82.3 Å². The van der Waals surface area contributed by atoms with E-state index in [1.807, 2.05) is 37.3 Å². The second-order valence-electron chi connectivity index (χ2n) is 11.1. The van der Waals surface area contributed by atoms with Crippen molar-refractivity contribution in [2.24, 2.45) is 5.41 Å². The van der Waals surface area contributed by atoms with Gasteiger partial charge in [-0.15, -0.1) is 0 Å². The molecule has 0 saturated carbocycles. The van der Waals surface area contributed by atoms with Crippen molar-refractivity contribution in [3.05, 3.63) is 89.0 Å². The second-order valence-corrected chi connectivity index (χ2v) is 13.1. The number of Topliss-reactive ketones (excluding diaryl/α,β-unsaturated/α-hetero) is 1. The average molecular weight is 534 g/mol. The molecule has 0 bridgehead atoms. The van der Waals surface area contributed by atoms with Crippen molar-refractivity contribution in [3.63, 3.8) is 0 Å². The fourth-order valence-electron chi connectivity index (χ4n) is 5.86. The summed E-state index contributed by atoms with van der Waals surface area (Å²) in [5.74, 6) is 0.307. The SMILES string of the molecule is CCC1=CC=C(CCCCCC(=O)C2(Cc3ccccc3)CCN(S(=O)(=O)c3ccc(C)cc3)CC2)CC1. The van der Waals surface area contributed by atoms with Gasteiger partial charge in [0.15, 0.2) is 0 Å². The van der Waals surface area contributed by atoms with Gasteiger partial charge < -0.3 is 0 Å². The number of hydrogen-bond acceptors (Lipinski definition) is 3. The Labute approximate surface area is 229 Å². The molecule has 1 aliphatic heterocycles. The third-order valence-corrected chi connectivity index (χ3v) is 10.4. The summed E-state index contributed by atoms with van der Waals surface area (Å²) in [6.07, 6.45) is 14.8. The first-order valence-corrected chi connectivity index (χ1v) is 15.8. The molecule has 1 fully saturated rings. The van der Waals surface area contributed by atoms with Crippen LogP contribution in [0.5, 0.6) is 0 Å². The zero-order valence-corrected chi connectivity index (χ0v) is 23.9. The van der Waals surface area contributed by atoms with E-state index in [1.54, 1.807) is 22.0 Å². The first kappa shape index (κ1) is 28.5. The third kappa shape index (κ3) is 7.12. The molecule has 0 unspecified atom stereocenters. The number of ketones is 1. The molecule has 4 nitrogen and oxygen atoms in total. The first-order chi connectivity index (χ1) is 18.3. The largest absolute Gasteiger partial charge is 0.299 e. The number of nitrogens with zero attached hydrogens (tertiary/aromatic N) is 1.